The Kier molecular flexibility index (Phi) is 7.11. The Hall–Kier alpha value is -3.02. The second-order valence-electron chi connectivity index (χ2n) is 5.94. The lowest BCUT2D eigenvalue weighted by Gasteiger charge is -2.19. The zero-order chi connectivity index (χ0) is 20.6. The van der Waals surface area contributed by atoms with E-state index >= 15 is 0 Å². The van der Waals surface area contributed by atoms with Gasteiger partial charge in [0.15, 0.2) is 11.0 Å². The average Bonchev–Trinajstić information content (AvgIpc) is 3.10. The van der Waals surface area contributed by atoms with Crippen molar-refractivity contribution in [3.8, 4) is 11.8 Å². The zero-order valence-corrected chi connectivity index (χ0v) is 17.2. The van der Waals surface area contributed by atoms with E-state index in [9.17, 15) is 4.79 Å². The standard InChI is InChI=1S/C20H18ClN5O2S/c1-25-18(13-28-17-10-6-5-9-16(17)21)23-24-20(25)29-14-19(27)26(12-11-22)15-7-3-2-4-8-15/h2-10H,12-14H2,1H3. The molecule has 0 bridgehead atoms. The predicted molar refractivity (Wildman–Crippen MR) is 112 cm³/mol. The van der Waals surface area contributed by atoms with Gasteiger partial charge in [-0.1, -0.05) is 53.7 Å². The van der Waals surface area contributed by atoms with E-state index in [4.69, 9.17) is 21.6 Å². The zero-order valence-electron chi connectivity index (χ0n) is 15.7. The van der Waals surface area contributed by atoms with Gasteiger partial charge in [-0.05, 0) is 24.3 Å². The SMILES string of the molecule is Cn1c(COc2ccccc2Cl)nnc1SCC(=O)N(CC#N)c1ccccc1. The topological polar surface area (TPSA) is 84.0 Å². The van der Waals surface area contributed by atoms with Gasteiger partial charge in [0.05, 0.1) is 16.8 Å². The van der Waals surface area contributed by atoms with E-state index in [1.807, 2.05) is 43.4 Å². The third-order valence-corrected chi connectivity index (χ3v) is 5.36. The molecule has 0 saturated carbocycles. The molecule has 29 heavy (non-hydrogen) atoms. The van der Waals surface area contributed by atoms with Crippen LogP contribution in [0.25, 0.3) is 0 Å². The molecule has 9 heteroatoms. The third kappa shape index (κ3) is 5.28. The molecule has 3 aromatic rings. The van der Waals surface area contributed by atoms with Crippen molar-refractivity contribution in [3.63, 3.8) is 0 Å². The first-order valence-electron chi connectivity index (χ1n) is 8.71. The molecule has 0 unspecified atom stereocenters. The average molecular weight is 428 g/mol. The highest BCUT2D eigenvalue weighted by Crippen LogP contribution is 2.24. The van der Waals surface area contributed by atoms with Crippen LogP contribution in [0.4, 0.5) is 5.69 Å². The van der Waals surface area contributed by atoms with Crippen LogP contribution in [0.15, 0.2) is 59.8 Å². The van der Waals surface area contributed by atoms with Gasteiger partial charge in [-0.2, -0.15) is 5.26 Å². The van der Waals surface area contributed by atoms with Crippen molar-refractivity contribution in [2.75, 3.05) is 17.2 Å². The lowest BCUT2D eigenvalue weighted by atomic mass is 10.3. The molecule has 0 spiro atoms. The van der Waals surface area contributed by atoms with E-state index in [0.29, 0.717) is 27.4 Å². The molecule has 1 amide bonds. The second kappa shape index (κ2) is 9.96. The maximum Gasteiger partial charge on any atom is 0.238 e. The van der Waals surface area contributed by atoms with Crippen LogP contribution in [-0.2, 0) is 18.4 Å². The number of anilines is 1. The largest absolute Gasteiger partial charge is 0.484 e. The van der Waals surface area contributed by atoms with Crippen LogP contribution in [0.1, 0.15) is 5.82 Å². The van der Waals surface area contributed by atoms with Crippen LogP contribution < -0.4 is 9.64 Å². The number of hydrogen-bond acceptors (Lipinski definition) is 6. The smallest absolute Gasteiger partial charge is 0.238 e. The fourth-order valence-corrected chi connectivity index (χ4v) is 3.50. The first kappa shape index (κ1) is 20.7. The Morgan fingerprint density at radius 2 is 1.93 bits per heavy atom. The first-order valence-corrected chi connectivity index (χ1v) is 10.1. The van der Waals surface area contributed by atoms with E-state index in [1.165, 1.54) is 16.7 Å². The number of amides is 1. The number of aromatic nitrogens is 3. The van der Waals surface area contributed by atoms with E-state index in [0.717, 1.165) is 0 Å². The van der Waals surface area contributed by atoms with E-state index in [1.54, 1.807) is 28.8 Å². The Bertz CT molecular complexity index is 1020. The lowest BCUT2D eigenvalue weighted by molar-refractivity contribution is -0.116. The number of para-hydroxylation sites is 2. The minimum absolute atomic E-state index is 0.0147. The summed E-state index contributed by atoms with van der Waals surface area (Å²) in [5.74, 6) is 1.13. The van der Waals surface area contributed by atoms with E-state index in [2.05, 4.69) is 10.2 Å². The van der Waals surface area contributed by atoms with Crippen LogP contribution in [-0.4, -0.2) is 33.0 Å². The summed E-state index contributed by atoms with van der Waals surface area (Å²) in [7, 11) is 1.81. The molecule has 148 valence electrons. The van der Waals surface area contributed by atoms with E-state index < -0.39 is 0 Å². The summed E-state index contributed by atoms with van der Waals surface area (Å²) in [5.41, 5.74) is 0.687. The molecule has 0 atom stereocenters. The van der Waals surface area contributed by atoms with Gasteiger partial charge in [0.1, 0.15) is 18.9 Å². The Balaban J connectivity index is 1.61. The van der Waals surface area contributed by atoms with Crippen molar-refractivity contribution in [1.29, 1.82) is 5.26 Å². The molecular weight excluding hydrogens is 410 g/mol. The van der Waals surface area contributed by atoms with Gasteiger partial charge in [-0.15, -0.1) is 10.2 Å². The molecule has 3 rings (SSSR count). The number of nitrogens with zero attached hydrogens (tertiary/aromatic N) is 5. The maximum absolute atomic E-state index is 12.6. The fraction of sp³-hybridized carbons (Fsp3) is 0.200. The third-order valence-electron chi connectivity index (χ3n) is 4.04. The van der Waals surface area contributed by atoms with Crippen LogP contribution >= 0.6 is 23.4 Å². The van der Waals surface area contributed by atoms with Crippen molar-refractivity contribution in [2.24, 2.45) is 7.05 Å². The minimum Gasteiger partial charge on any atom is -0.484 e. The summed E-state index contributed by atoms with van der Waals surface area (Å²) < 4.78 is 7.46. The number of carbonyl (C=O) groups excluding carboxylic acids is 1. The second-order valence-corrected chi connectivity index (χ2v) is 7.29. The highest BCUT2D eigenvalue weighted by molar-refractivity contribution is 7.99. The number of rotatable bonds is 8. The quantitative estimate of drug-likeness (QED) is 0.402. The lowest BCUT2D eigenvalue weighted by Crippen LogP contribution is -2.32. The van der Waals surface area contributed by atoms with Crippen molar-refractivity contribution < 1.29 is 9.53 Å². The van der Waals surface area contributed by atoms with Crippen LogP contribution in [0, 0.1) is 11.3 Å². The molecule has 7 nitrogen and oxygen atoms in total. The van der Waals surface area contributed by atoms with Gasteiger partial charge in [0.25, 0.3) is 0 Å². The molecule has 1 heterocycles. The van der Waals surface area contributed by atoms with E-state index in [-0.39, 0.29) is 24.8 Å². The molecule has 0 N–H and O–H groups in total. The molecule has 1 aromatic heterocycles. The summed E-state index contributed by atoms with van der Waals surface area (Å²) in [6, 6.07) is 18.3. The van der Waals surface area contributed by atoms with Gasteiger partial charge >= 0.3 is 0 Å². The Labute approximate surface area is 177 Å². The number of benzene rings is 2. The van der Waals surface area contributed by atoms with Gasteiger partial charge in [-0.3, -0.25) is 9.69 Å². The van der Waals surface area contributed by atoms with Crippen LogP contribution in [0.2, 0.25) is 5.02 Å². The van der Waals surface area contributed by atoms with Crippen LogP contribution in [0.3, 0.4) is 0 Å². The molecule has 0 aliphatic carbocycles. The highest BCUT2D eigenvalue weighted by Gasteiger charge is 2.18. The van der Waals surface area contributed by atoms with Crippen molar-refractivity contribution >= 4 is 35.0 Å². The molecule has 0 saturated heterocycles. The summed E-state index contributed by atoms with van der Waals surface area (Å²) in [4.78, 5) is 14.1. The van der Waals surface area contributed by atoms with Crippen molar-refractivity contribution in [2.45, 2.75) is 11.8 Å². The minimum atomic E-state index is -0.181. The molecule has 0 fully saturated rings. The molecule has 2 aromatic carbocycles. The molecular formula is C20H18ClN5O2S. The summed E-state index contributed by atoms with van der Waals surface area (Å²) >= 11 is 7.35. The number of ether oxygens (including phenoxy) is 1. The van der Waals surface area contributed by atoms with Gasteiger partial charge in [0, 0.05) is 12.7 Å². The number of thioether (sulfide) groups is 1. The van der Waals surface area contributed by atoms with Crippen molar-refractivity contribution in [1.82, 2.24) is 14.8 Å². The number of carbonyl (C=O) groups is 1. The molecule has 0 aliphatic rings. The Morgan fingerprint density at radius 3 is 2.66 bits per heavy atom. The number of nitriles is 1. The summed E-state index contributed by atoms with van der Waals surface area (Å²) in [5, 5.41) is 18.4. The number of halogens is 1. The highest BCUT2D eigenvalue weighted by atomic mass is 35.5. The molecule has 0 radical (unpaired) electrons. The number of hydrogen-bond donors (Lipinski definition) is 0. The van der Waals surface area contributed by atoms with Gasteiger partial charge in [-0.25, -0.2) is 0 Å². The fourth-order valence-electron chi connectivity index (χ4n) is 2.51. The summed E-state index contributed by atoms with van der Waals surface area (Å²) in [6.45, 7) is 0.186. The van der Waals surface area contributed by atoms with Gasteiger partial charge in [0.2, 0.25) is 5.91 Å². The normalized spacial score (nSPS) is 10.4. The predicted octanol–water partition coefficient (Wildman–Crippen LogP) is 3.70. The van der Waals surface area contributed by atoms with Crippen molar-refractivity contribution in [3.05, 3.63) is 65.4 Å². The van der Waals surface area contributed by atoms with Crippen LogP contribution in [0.5, 0.6) is 5.75 Å². The first-order chi connectivity index (χ1) is 14.1. The maximum atomic E-state index is 12.6. The monoisotopic (exact) mass is 427 g/mol. The van der Waals surface area contributed by atoms with Gasteiger partial charge < -0.3 is 9.30 Å². The summed E-state index contributed by atoms with van der Waals surface area (Å²) in [6.07, 6.45) is 0. The Morgan fingerprint density at radius 1 is 1.21 bits per heavy atom. The molecule has 0 aliphatic heterocycles.